The predicted octanol–water partition coefficient (Wildman–Crippen LogP) is 4.58. The van der Waals surface area contributed by atoms with Crippen molar-refractivity contribution in [1.29, 1.82) is 0 Å². The molecule has 1 N–H and O–H groups in total. The van der Waals surface area contributed by atoms with Crippen LogP contribution in [0.1, 0.15) is 20.9 Å². The Morgan fingerprint density at radius 1 is 1.21 bits per heavy atom. The molecule has 3 aromatic rings. The lowest BCUT2D eigenvalue weighted by atomic mass is 10.2. The average Bonchev–Trinajstić information content (AvgIpc) is 2.96. The Kier molecular flexibility index (Phi) is 4.64. The fourth-order valence-corrected chi connectivity index (χ4v) is 3.52. The fraction of sp³-hybridized carbons (Fsp3) is 0. The van der Waals surface area contributed by atoms with Crippen molar-refractivity contribution in [2.24, 2.45) is 0 Å². The number of halogens is 3. The molecule has 0 unspecified atom stereocenters. The molecule has 0 saturated carbocycles. The molecule has 0 radical (unpaired) electrons. The summed E-state index contributed by atoms with van der Waals surface area (Å²) in [4.78, 5) is 27.7. The first kappa shape index (κ1) is 17.0. The van der Waals surface area contributed by atoms with Crippen LogP contribution in [0.5, 0.6) is 0 Å². The van der Waals surface area contributed by atoms with Gasteiger partial charge in [0.1, 0.15) is 9.90 Å². The van der Waals surface area contributed by atoms with E-state index in [1.54, 1.807) is 24.3 Å². The molecule has 2 aromatic heterocycles. The minimum absolute atomic E-state index is 0.00838. The van der Waals surface area contributed by atoms with Crippen LogP contribution in [0.4, 0.5) is 0 Å². The zero-order valence-electron chi connectivity index (χ0n) is 11.7. The second kappa shape index (κ2) is 6.57. The van der Waals surface area contributed by atoms with E-state index >= 15 is 0 Å². The zero-order chi connectivity index (χ0) is 17.4. The minimum Gasteiger partial charge on any atom is -0.477 e. The van der Waals surface area contributed by atoms with Crippen molar-refractivity contribution >= 4 is 69.2 Å². The number of carbonyl (C=O) groups is 1. The van der Waals surface area contributed by atoms with Crippen molar-refractivity contribution in [2.45, 2.75) is 0 Å². The molecule has 122 valence electrons. The third kappa shape index (κ3) is 3.06. The first-order chi connectivity index (χ1) is 11.4. The SMILES string of the molecule is O=C(O)c1cn2c(=O)c(Cl)c(/C=C/c3c(Cl)cccc3Cl)nc2s1. The van der Waals surface area contributed by atoms with E-state index in [2.05, 4.69) is 4.98 Å². The summed E-state index contributed by atoms with van der Waals surface area (Å²) in [5, 5.41) is 9.78. The molecule has 0 aliphatic heterocycles. The molecule has 0 saturated heterocycles. The molecule has 0 atom stereocenters. The highest BCUT2D eigenvalue weighted by atomic mass is 35.5. The van der Waals surface area contributed by atoms with Crippen LogP contribution in [-0.2, 0) is 0 Å². The Hall–Kier alpha value is -1.86. The number of thiazole rings is 1. The van der Waals surface area contributed by atoms with Gasteiger partial charge in [0.05, 0.1) is 5.69 Å². The van der Waals surface area contributed by atoms with Crippen molar-refractivity contribution in [3.63, 3.8) is 0 Å². The molecule has 5 nitrogen and oxygen atoms in total. The molecule has 9 heteroatoms. The number of hydrogen-bond acceptors (Lipinski definition) is 4. The summed E-state index contributed by atoms with van der Waals surface area (Å²) in [6, 6.07) is 5.07. The van der Waals surface area contributed by atoms with E-state index < -0.39 is 11.5 Å². The summed E-state index contributed by atoms with van der Waals surface area (Å²) in [7, 11) is 0. The monoisotopic (exact) mass is 400 g/mol. The van der Waals surface area contributed by atoms with Crippen molar-refractivity contribution < 1.29 is 9.90 Å². The van der Waals surface area contributed by atoms with Gasteiger partial charge in [0.15, 0.2) is 4.96 Å². The lowest BCUT2D eigenvalue weighted by molar-refractivity contribution is 0.0702. The highest BCUT2D eigenvalue weighted by Crippen LogP contribution is 2.27. The van der Waals surface area contributed by atoms with Crippen LogP contribution >= 0.6 is 46.1 Å². The van der Waals surface area contributed by atoms with Crippen LogP contribution in [0.2, 0.25) is 15.1 Å². The van der Waals surface area contributed by atoms with Gasteiger partial charge in [0.25, 0.3) is 5.56 Å². The number of rotatable bonds is 3. The Morgan fingerprint density at radius 2 is 1.88 bits per heavy atom. The molecule has 0 bridgehead atoms. The largest absolute Gasteiger partial charge is 0.477 e. The van der Waals surface area contributed by atoms with Crippen LogP contribution in [0, 0.1) is 0 Å². The highest BCUT2D eigenvalue weighted by molar-refractivity contribution is 7.18. The van der Waals surface area contributed by atoms with Gasteiger partial charge in [-0.3, -0.25) is 9.20 Å². The van der Waals surface area contributed by atoms with Crippen LogP contribution in [0.15, 0.2) is 29.2 Å². The number of carboxylic acids is 1. The summed E-state index contributed by atoms with van der Waals surface area (Å²) in [6.07, 6.45) is 4.31. The molecule has 0 aliphatic carbocycles. The van der Waals surface area contributed by atoms with E-state index in [1.807, 2.05) is 0 Å². The fourth-order valence-electron chi connectivity index (χ4n) is 1.98. The molecule has 24 heavy (non-hydrogen) atoms. The highest BCUT2D eigenvalue weighted by Gasteiger charge is 2.15. The Morgan fingerprint density at radius 3 is 2.50 bits per heavy atom. The van der Waals surface area contributed by atoms with Crippen molar-refractivity contribution in [3.8, 4) is 0 Å². The number of nitrogens with zero attached hydrogens (tertiary/aromatic N) is 2. The van der Waals surface area contributed by atoms with E-state index in [4.69, 9.17) is 39.9 Å². The van der Waals surface area contributed by atoms with Gasteiger partial charge in [-0.25, -0.2) is 9.78 Å². The van der Waals surface area contributed by atoms with Crippen LogP contribution < -0.4 is 5.56 Å². The summed E-state index contributed by atoms with van der Waals surface area (Å²) >= 11 is 19.1. The Bertz CT molecular complexity index is 1040. The maximum atomic E-state index is 12.2. The first-order valence-electron chi connectivity index (χ1n) is 6.45. The first-order valence-corrected chi connectivity index (χ1v) is 8.40. The van der Waals surface area contributed by atoms with E-state index in [0.29, 0.717) is 15.6 Å². The second-order valence-corrected chi connectivity index (χ2v) is 6.84. The average molecular weight is 402 g/mol. The van der Waals surface area contributed by atoms with Crippen LogP contribution in [0.25, 0.3) is 17.1 Å². The lowest BCUT2D eigenvalue weighted by Gasteiger charge is -2.02. The quantitative estimate of drug-likeness (QED) is 0.697. The molecule has 0 spiro atoms. The van der Waals surface area contributed by atoms with Gasteiger partial charge >= 0.3 is 5.97 Å². The third-order valence-electron chi connectivity index (χ3n) is 3.12. The molecule has 0 fully saturated rings. The molecular weight excluding hydrogens is 395 g/mol. The summed E-state index contributed by atoms with van der Waals surface area (Å²) < 4.78 is 1.11. The molecule has 0 amide bonds. The topological polar surface area (TPSA) is 71.7 Å². The van der Waals surface area contributed by atoms with Gasteiger partial charge < -0.3 is 5.11 Å². The van der Waals surface area contributed by atoms with E-state index in [9.17, 15) is 9.59 Å². The number of fused-ring (bicyclic) bond motifs is 1. The number of hydrogen-bond donors (Lipinski definition) is 1. The second-order valence-electron chi connectivity index (χ2n) is 4.64. The maximum absolute atomic E-state index is 12.2. The predicted molar refractivity (Wildman–Crippen MR) is 96.7 cm³/mol. The number of carboxylic acid groups (broad SMARTS) is 1. The molecule has 1 aromatic carbocycles. The summed E-state index contributed by atoms with van der Waals surface area (Å²) in [5.74, 6) is -1.14. The zero-order valence-corrected chi connectivity index (χ0v) is 14.7. The molecule has 0 aliphatic rings. The van der Waals surface area contributed by atoms with Gasteiger partial charge in [-0.1, -0.05) is 52.2 Å². The number of aromatic nitrogens is 2. The van der Waals surface area contributed by atoms with Crippen molar-refractivity contribution in [2.75, 3.05) is 0 Å². The standard InChI is InChI=1S/C15H7Cl3N2O3S/c16-8-2-1-3-9(17)7(8)4-5-10-12(18)13(21)20-6-11(14(22)23)24-15(20)19-10/h1-6H,(H,22,23)/b5-4+. The van der Waals surface area contributed by atoms with E-state index in [-0.39, 0.29) is 20.6 Å². The number of aromatic carboxylic acids is 1. The summed E-state index contributed by atoms with van der Waals surface area (Å²) in [6.45, 7) is 0. The van der Waals surface area contributed by atoms with Crippen molar-refractivity contribution in [1.82, 2.24) is 9.38 Å². The van der Waals surface area contributed by atoms with Crippen LogP contribution in [0.3, 0.4) is 0 Å². The van der Waals surface area contributed by atoms with Gasteiger partial charge in [-0.15, -0.1) is 0 Å². The van der Waals surface area contributed by atoms with Gasteiger partial charge in [0, 0.05) is 21.8 Å². The smallest absolute Gasteiger partial charge is 0.347 e. The summed E-state index contributed by atoms with van der Waals surface area (Å²) in [5.41, 5.74) is 0.225. The molecule has 2 heterocycles. The molecular formula is C15H7Cl3N2O3S. The maximum Gasteiger partial charge on any atom is 0.347 e. The van der Waals surface area contributed by atoms with Crippen molar-refractivity contribution in [3.05, 3.63) is 66.0 Å². The van der Waals surface area contributed by atoms with E-state index in [1.165, 1.54) is 12.3 Å². The molecule has 3 rings (SSSR count). The van der Waals surface area contributed by atoms with E-state index in [0.717, 1.165) is 15.7 Å². The number of benzene rings is 1. The van der Waals surface area contributed by atoms with Gasteiger partial charge in [0.2, 0.25) is 0 Å². The van der Waals surface area contributed by atoms with Crippen LogP contribution in [-0.4, -0.2) is 20.5 Å². The van der Waals surface area contributed by atoms with Gasteiger partial charge in [-0.2, -0.15) is 0 Å². The third-order valence-corrected chi connectivity index (χ3v) is 5.10. The van der Waals surface area contributed by atoms with Gasteiger partial charge in [-0.05, 0) is 24.3 Å². The minimum atomic E-state index is -1.14. The Balaban J connectivity index is 2.13. The lowest BCUT2D eigenvalue weighted by Crippen LogP contribution is -2.14. The normalized spacial score (nSPS) is 11.5. The Labute approximate surface area is 154 Å².